The second-order valence-corrected chi connectivity index (χ2v) is 6.66. The first kappa shape index (κ1) is 18.5. The van der Waals surface area contributed by atoms with E-state index in [0.717, 1.165) is 22.4 Å². The number of anilines is 3. The summed E-state index contributed by atoms with van der Waals surface area (Å²) in [5, 5.41) is 17.8. The lowest BCUT2D eigenvalue weighted by Crippen LogP contribution is -2.08. The Labute approximate surface area is 166 Å². The van der Waals surface area contributed by atoms with Gasteiger partial charge in [-0.3, -0.25) is 10.1 Å². The number of rotatable bonds is 6. The lowest BCUT2D eigenvalue weighted by atomic mass is 10.1. The largest absolute Gasteiger partial charge is 0.454 e. The average Bonchev–Trinajstić information content (AvgIpc) is 3.17. The van der Waals surface area contributed by atoms with Gasteiger partial charge in [-0.2, -0.15) is 0 Å². The molecule has 4 rings (SSSR count). The van der Waals surface area contributed by atoms with Crippen molar-refractivity contribution in [3.05, 3.63) is 69.5 Å². The Kier molecular flexibility index (Phi) is 4.86. The van der Waals surface area contributed by atoms with Crippen LogP contribution in [0.25, 0.3) is 0 Å². The zero-order valence-electron chi connectivity index (χ0n) is 15.9. The summed E-state index contributed by atoms with van der Waals surface area (Å²) in [5.41, 5.74) is 3.42. The van der Waals surface area contributed by atoms with Gasteiger partial charge in [0.25, 0.3) is 0 Å². The van der Waals surface area contributed by atoms with Gasteiger partial charge in [0.1, 0.15) is 6.33 Å². The molecule has 0 aliphatic carbocycles. The number of nitro groups is 1. The molecule has 1 aliphatic heterocycles. The first-order valence-electron chi connectivity index (χ1n) is 8.97. The molecule has 9 nitrogen and oxygen atoms in total. The first-order chi connectivity index (χ1) is 14.0. The molecule has 0 fully saturated rings. The van der Waals surface area contributed by atoms with Gasteiger partial charge in [0, 0.05) is 12.2 Å². The van der Waals surface area contributed by atoms with E-state index in [1.165, 1.54) is 6.33 Å². The molecule has 0 radical (unpaired) electrons. The molecule has 0 spiro atoms. The Hall–Kier alpha value is -3.88. The number of hydrogen-bond acceptors (Lipinski definition) is 8. The molecule has 2 N–H and O–H groups in total. The van der Waals surface area contributed by atoms with Gasteiger partial charge in [-0.15, -0.1) is 0 Å². The van der Waals surface area contributed by atoms with E-state index < -0.39 is 4.92 Å². The summed E-state index contributed by atoms with van der Waals surface area (Å²) in [6.45, 7) is 4.40. The van der Waals surface area contributed by atoms with Crippen LogP contribution in [0.2, 0.25) is 0 Å². The molecule has 29 heavy (non-hydrogen) atoms. The number of nitrogens with one attached hydrogen (secondary N) is 2. The molecule has 0 amide bonds. The summed E-state index contributed by atoms with van der Waals surface area (Å²) in [7, 11) is 0. The second-order valence-electron chi connectivity index (χ2n) is 6.66. The fraction of sp³-hybridized carbons (Fsp3) is 0.200. The fourth-order valence-corrected chi connectivity index (χ4v) is 3.01. The van der Waals surface area contributed by atoms with E-state index in [0.29, 0.717) is 18.0 Å². The van der Waals surface area contributed by atoms with E-state index >= 15 is 0 Å². The zero-order valence-corrected chi connectivity index (χ0v) is 15.9. The zero-order chi connectivity index (χ0) is 20.4. The summed E-state index contributed by atoms with van der Waals surface area (Å²) in [6.07, 6.45) is 1.29. The van der Waals surface area contributed by atoms with Crippen molar-refractivity contribution in [3.8, 4) is 11.5 Å². The Balaban J connectivity index is 1.59. The van der Waals surface area contributed by atoms with E-state index in [1.54, 1.807) is 6.07 Å². The third-order valence-electron chi connectivity index (χ3n) is 4.55. The minimum absolute atomic E-state index is 0.131. The van der Waals surface area contributed by atoms with Gasteiger partial charge in [0.15, 0.2) is 11.5 Å². The van der Waals surface area contributed by atoms with E-state index in [4.69, 9.17) is 9.47 Å². The molecule has 148 valence electrons. The smallest absolute Gasteiger partial charge is 0.353 e. The lowest BCUT2D eigenvalue weighted by Gasteiger charge is -2.12. The van der Waals surface area contributed by atoms with Gasteiger partial charge in [-0.05, 0) is 48.7 Å². The molecule has 3 aromatic rings. The summed E-state index contributed by atoms with van der Waals surface area (Å²) in [6, 6.07) is 11.3. The standard InChI is InChI=1S/C20H19N5O4/c1-12-3-4-13(2)15(7-12)24-20-18(25(26)27)19(22-10-23-20)21-9-14-5-6-16-17(8-14)29-11-28-16/h3-8,10H,9,11H2,1-2H3,(H2,21,22,23,24). The maximum Gasteiger partial charge on any atom is 0.353 e. The number of hydrogen-bond donors (Lipinski definition) is 2. The number of aryl methyl sites for hydroxylation is 2. The molecule has 0 unspecified atom stereocenters. The van der Waals surface area contributed by atoms with Crippen molar-refractivity contribution in [2.24, 2.45) is 0 Å². The molecule has 2 aromatic carbocycles. The van der Waals surface area contributed by atoms with E-state index in [9.17, 15) is 10.1 Å². The maximum atomic E-state index is 11.8. The van der Waals surface area contributed by atoms with Crippen LogP contribution in [0.15, 0.2) is 42.7 Å². The van der Waals surface area contributed by atoms with Crippen LogP contribution in [-0.2, 0) is 6.54 Å². The minimum Gasteiger partial charge on any atom is -0.454 e. The molecule has 0 saturated heterocycles. The van der Waals surface area contributed by atoms with Crippen molar-refractivity contribution in [1.29, 1.82) is 0 Å². The monoisotopic (exact) mass is 393 g/mol. The van der Waals surface area contributed by atoms with Crippen LogP contribution in [-0.4, -0.2) is 21.7 Å². The average molecular weight is 393 g/mol. The first-order valence-corrected chi connectivity index (χ1v) is 8.97. The number of nitrogens with zero attached hydrogens (tertiary/aromatic N) is 3. The summed E-state index contributed by atoms with van der Waals surface area (Å²) in [5.74, 6) is 1.60. The third kappa shape index (κ3) is 3.88. The predicted octanol–water partition coefficient (Wildman–Crippen LogP) is 4.09. The highest BCUT2D eigenvalue weighted by Crippen LogP contribution is 2.34. The van der Waals surface area contributed by atoms with Crippen LogP contribution in [0.4, 0.5) is 23.0 Å². The van der Waals surface area contributed by atoms with Gasteiger partial charge >= 0.3 is 5.69 Å². The van der Waals surface area contributed by atoms with E-state index in [-0.39, 0.29) is 24.1 Å². The van der Waals surface area contributed by atoms with Crippen molar-refractivity contribution in [1.82, 2.24) is 9.97 Å². The Bertz CT molecular complexity index is 1090. The molecular weight excluding hydrogens is 374 g/mol. The molecule has 0 saturated carbocycles. The van der Waals surface area contributed by atoms with Crippen molar-refractivity contribution in [3.63, 3.8) is 0 Å². The molecule has 0 atom stereocenters. The minimum atomic E-state index is -0.491. The van der Waals surface area contributed by atoms with Crippen LogP contribution >= 0.6 is 0 Å². The van der Waals surface area contributed by atoms with Crippen LogP contribution in [0, 0.1) is 24.0 Å². The molecule has 9 heteroatoms. The third-order valence-corrected chi connectivity index (χ3v) is 4.55. The quantitative estimate of drug-likeness (QED) is 0.476. The van der Waals surface area contributed by atoms with Crippen LogP contribution in [0.1, 0.15) is 16.7 Å². The molecule has 2 heterocycles. The highest BCUT2D eigenvalue weighted by atomic mass is 16.7. The molecule has 1 aliphatic rings. The van der Waals surface area contributed by atoms with Crippen LogP contribution in [0.5, 0.6) is 11.5 Å². The number of fused-ring (bicyclic) bond motifs is 1. The summed E-state index contributed by atoms with van der Waals surface area (Å²) >= 11 is 0. The van der Waals surface area contributed by atoms with Gasteiger partial charge in [0.2, 0.25) is 18.4 Å². The Morgan fingerprint density at radius 3 is 2.69 bits per heavy atom. The molecular formula is C20H19N5O4. The summed E-state index contributed by atoms with van der Waals surface area (Å²) in [4.78, 5) is 19.4. The number of benzene rings is 2. The van der Waals surface area contributed by atoms with Gasteiger partial charge < -0.3 is 20.1 Å². The molecule has 1 aromatic heterocycles. The van der Waals surface area contributed by atoms with Crippen molar-refractivity contribution >= 4 is 23.0 Å². The SMILES string of the molecule is Cc1ccc(C)c(Nc2ncnc(NCc3ccc4c(c3)OCO4)c2[N+](=O)[O-])c1. The van der Waals surface area contributed by atoms with Crippen molar-refractivity contribution in [2.45, 2.75) is 20.4 Å². The Morgan fingerprint density at radius 2 is 1.86 bits per heavy atom. The highest BCUT2D eigenvalue weighted by Gasteiger charge is 2.23. The topological polar surface area (TPSA) is 111 Å². The van der Waals surface area contributed by atoms with Crippen LogP contribution < -0.4 is 20.1 Å². The molecule has 0 bridgehead atoms. The van der Waals surface area contributed by atoms with E-state index in [2.05, 4.69) is 20.6 Å². The van der Waals surface area contributed by atoms with Crippen molar-refractivity contribution < 1.29 is 14.4 Å². The summed E-state index contributed by atoms with van der Waals surface area (Å²) < 4.78 is 10.7. The lowest BCUT2D eigenvalue weighted by molar-refractivity contribution is -0.383. The number of aromatic nitrogens is 2. The Morgan fingerprint density at radius 1 is 1.07 bits per heavy atom. The van der Waals surface area contributed by atoms with Gasteiger partial charge in [0.05, 0.1) is 4.92 Å². The van der Waals surface area contributed by atoms with Crippen molar-refractivity contribution in [2.75, 3.05) is 17.4 Å². The van der Waals surface area contributed by atoms with Crippen LogP contribution in [0.3, 0.4) is 0 Å². The van der Waals surface area contributed by atoms with Gasteiger partial charge in [-0.1, -0.05) is 18.2 Å². The fourth-order valence-electron chi connectivity index (χ4n) is 3.01. The van der Waals surface area contributed by atoms with Gasteiger partial charge in [-0.25, -0.2) is 9.97 Å². The maximum absolute atomic E-state index is 11.8. The second kappa shape index (κ2) is 7.63. The van der Waals surface area contributed by atoms with E-state index in [1.807, 2.05) is 44.2 Å². The predicted molar refractivity (Wildman–Crippen MR) is 108 cm³/mol. The highest BCUT2D eigenvalue weighted by molar-refractivity contribution is 5.75. The number of ether oxygens (including phenoxy) is 2. The normalized spacial score (nSPS) is 11.9.